The van der Waals surface area contributed by atoms with E-state index < -0.39 is 58.7 Å². The molecular weight excluding hydrogens is 668 g/mol. The highest BCUT2D eigenvalue weighted by atomic mass is 16.6. The number of hydrogen-bond acceptors (Lipinski definition) is 11. The first-order valence-corrected chi connectivity index (χ1v) is 15.7. The van der Waals surface area contributed by atoms with Gasteiger partial charge in [0.2, 0.25) is 0 Å². The van der Waals surface area contributed by atoms with Crippen molar-refractivity contribution in [2.75, 3.05) is 28.4 Å². The summed E-state index contributed by atoms with van der Waals surface area (Å²) in [5.41, 5.74) is -1.88. The minimum atomic E-state index is -1.21. The van der Waals surface area contributed by atoms with Crippen LogP contribution in [-0.4, -0.2) is 70.9 Å². The molecule has 0 saturated heterocycles. The maximum atomic E-state index is 11.9. The first-order chi connectivity index (χ1) is 23.0. The predicted octanol–water partition coefficient (Wildman–Crippen LogP) is 8.25. The van der Waals surface area contributed by atoms with Crippen molar-refractivity contribution in [2.24, 2.45) is 0 Å². The molecule has 16 heteroatoms. The van der Waals surface area contributed by atoms with E-state index in [0.29, 0.717) is 0 Å². The summed E-state index contributed by atoms with van der Waals surface area (Å²) in [6.07, 6.45) is -2.86. The third-order valence-electron chi connectivity index (χ3n) is 5.12. The molecule has 0 spiro atoms. The monoisotopic (exact) mass is 718 g/mol. The van der Waals surface area contributed by atoms with Gasteiger partial charge >= 0.3 is 36.3 Å². The molecule has 0 fully saturated rings. The van der Waals surface area contributed by atoms with Crippen LogP contribution in [0.1, 0.15) is 104 Å². The van der Waals surface area contributed by atoms with Crippen LogP contribution in [0.3, 0.4) is 0 Å². The predicted molar refractivity (Wildman–Crippen MR) is 191 cm³/mol. The Labute approximate surface area is 297 Å². The summed E-state index contributed by atoms with van der Waals surface area (Å²) >= 11 is 0. The molecule has 0 heterocycles. The summed E-state index contributed by atoms with van der Waals surface area (Å²) in [5, 5.41) is 19.1. The molecule has 0 aromatic heterocycles. The van der Waals surface area contributed by atoms with E-state index in [2.05, 4.69) is 21.3 Å². The van der Waals surface area contributed by atoms with E-state index in [1.165, 1.54) is 43.5 Å². The summed E-state index contributed by atoms with van der Waals surface area (Å²) in [4.78, 5) is 70.6. The van der Waals surface area contributed by atoms with E-state index in [9.17, 15) is 33.9 Å². The number of carbonyl (C=O) groups is 6. The fraction of sp³-hybridized carbons (Fsp3) is 0.486. The zero-order valence-electron chi connectivity index (χ0n) is 31.4. The van der Waals surface area contributed by atoms with Gasteiger partial charge < -0.3 is 28.8 Å². The first kappa shape index (κ1) is 43.5. The Kier molecular flexibility index (Phi) is 14.8. The number of amides is 4. The van der Waals surface area contributed by atoms with Crippen LogP contribution in [-0.2, 0) is 23.7 Å². The average molecular weight is 719 g/mol. The van der Waals surface area contributed by atoms with Crippen molar-refractivity contribution >= 4 is 59.1 Å². The molecule has 16 nitrogen and oxygen atoms in total. The van der Waals surface area contributed by atoms with Gasteiger partial charge in [0, 0.05) is 22.7 Å². The quantitative estimate of drug-likeness (QED) is 0.141. The summed E-state index contributed by atoms with van der Waals surface area (Å²) < 4.78 is 25.3. The lowest BCUT2D eigenvalue weighted by Crippen LogP contribution is -2.28. The zero-order valence-corrected chi connectivity index (χ0v) is 31.4. The van der Waals surface area contributed by atoms with Gasteiger partial charge in [-0.1, -0.05) is 0 Å². The van der Waals surface area contributed by atoms with Crippen LogP contribution >= 0.6 is 0 Å². The molecule has 0 aliphatic carbocycles. The van der Waals surface area contributed by atoms with Crippen LogP contribution in [0.5, 0.6) is 0 Å². The second kappa shape index (κ2) is 17.4. The van der Waals surface area contributed by atoms with E-state index in [0.717, 1.165) is 0 Å². The number of hydrogen-bond donors (Lipinski definition) is 5. The van der Waals surface area contributed by atoms with E-state index >= 15 is 0 Å². The number of methoxy groups -OCH3 is 1. The fourth-order valence-corrected chi connectivity index (χ4v) is 3.59. The van der Waals surface area contributed by atoms with E-state index in [1.807, 2.05) is 0 Å². The van der Waals surface area contributed by atoms with Gasteiger partial charge in [0.05, 0.1) is 18.2 Å². The van der Waals surface area contributed by atoms with Crippen LogP contribution in [0.4, 0.5) is 41.9 Å². The normalized spacial score (nSPS) is 11.4. The Morgan fingerprint density at radius 2 is 0.686 bits per heavy atom. The molecule has 5 N–H and O–H groups in total. The maximum absolute atomic E-state index is 11.9. The molecule has 282 valence electrons. The van der Waals surface area contributed by atoms with Crippen molar-refractivity contribution in [2.45, 2.75) is 105 Å². The number of carboxylic acid groups (broad SMARTS) is 1. The van der Waals surface area contributed by atoms with Crippen molar-refractivity contribution in [3.63, 3.8) is 0 Å². The summed E-state index contributed by atoms with van der Waals surface area (Å²) in [5.74, 6) is -1.83. The smallest absolute Gasteiger partial charge is 0.412 e. The van der Waals surface area contributed by atoms with Gasteiger partial charge in [-0.3, -0.25) is 21.3 Å². The van der Waals surface area contributed by atoms with Crippen molar-refractivity contribution in [3.05, 3.63) is 47.5 Å². The topological polar surface area (TPSA) is 217 Å². The molecule has 0 bridgehead atoms. The van der Waals surface area contributed by atoms with Crippen LogP contribution in [0.25, 0.3) is 0 Å². The molecule has 2 aromatic rings. The molecule has 2 rings (SSSR count). The summed E-state index contributed by atoms with van der Waals surface area (Å²) in [6, 6.07) is 8.21. The number of benzene rings is 2. The van der Waals surface area contributed by atoms with E-state index in [1.54, 1.807) is 83.1 Å². The minimum Gasteiger partial charge on any atom is -0.478 e. The molecule has 51 heavy (non-hydrogen) atoms. The number of aromatic carboxylic acids is 1. The highest BCUT2D eigenvalue weighted by Gasteiger charge is 2.21. The number of rotatable bonds is 6. The van der Waals surface area contributed by atoms with E-state index in [-0.39, 0.29) is 33.9 Å². The Morgan fingerprint density at radius 3 is 0.882 bits per heavy atom. The van der Waals surface area contributed by atoms with Crippen molar-refractivity contribution in [1.29, 1.82) is 0 Å². The van der Waals surface area contributed by atoms with Gasteiger partial charge in [0.15, 0.2) is 0 Å². The van der Waals surface area contributed by atoms with Gasteiger partial charge in [-0.25, -0.2) is 28.8 Å². The molecule has 0 radical (unpaired) electrons. The molecule has 0 saturated carbocycles. The van der Waals surface area contributed by atoms with Crippen LogP contribution in [0.15, 0.2) is 36.4 Å². The third-order valence-corrected chi connectivity index (χ3v) is 5.12. The maximum Gasteiger partial charge on any atom is 0.412 e. The average Bonchev–Trinajstić information content (AvgIpc) is 2.88. The summed E-state index contributed by atoms with van der Waals surface area (Å²) in [7, 11) is 1.23. The molecule has 2 aromatic carbocycles. The Hall–Kier alpha value is -5.54. The number of anilines is 4. The van der Waals surface area contributed by atoms with Gasteiger partial charge in [-0.15, -0.1) is 0 Å². The molecule has 4 amide bonds. The number of ether oxygens (including phenoxy) is 5. The lowest BCUT2D eigenvalue weighted by molar-refractivity contribution is 0.0593. The van der Waals surface area contributed by atoms with Gasteiger partial charge in [0.1, 0.15) is 22.4 Å². The largest absolute Gasteiger partial charge is 0.478 e. The van der Waals surface area contributed by atoms with Crippen LogP contribution in [0, 0.1) is 0 Å². The molecular formula is C35H50N4O12. The SMILES string of the molecule is CC(C)(C)OC(=O)Nc1cc(NC(=O)OC(C)(C)C)cc(C(=O)O)c1.COC(=O)c1cc(NC(=O)OC(C)(C)C)cc(NC(=O)OC(C)(C)C)c1. The van der Waals surface area contributed by atoms with Crippen molar-refractivity contribution in [1.82, 2.24) is 0 Å². The standard InChI is InChI=1S/C18H26N2O6.C17H24N2O6/c1-17(2,3)25-15(22)19-12-8-11(14(21)24-7)9-13(10-12)20-16(23)26-18(4,5)6;1-16(2,3)24-14(22)18-11-7-10(13(20)21)8-12(9-11)19-15(23)25-17(4,5)6/h8-10H,1-7H3,(H,19,22)(H,20,23);7-9H,1-6H3,(H,18,22)(H,19,23)(H,20,21). The Morgan fingerprint density at radius 1 is 0.451 bits per heavy atom. The Balaban J connectivity index is 0.000000510. The lowest BCUT2D eigenvalue weighted by atomic mass is 10.1. The molecule has 0 atom stereocenters. The fourth-order valence-electron chi connectivity index (χ4n) is 3.59. The zero-order chi connectivity index (χ0) is 39.5. The Bertz CT molecular complexity index is 1500. The van der Waals surface area contributed by atoms with E-state index in [4.69, 9.17) is 23.7 Å². The van der Waals surface area contributed by atoms with Gasteiger partial charge in [-0.05, 0) is 119 Å². The highest BCUT2D eigenvalue weighted by molar-refractivity contribution is 5.97. The minimum absolute atomic E-state index is 0.111. The number of carbonyl (C=O) groups excluding carboxylic acids is 5. The number of nitrogens with one attached hydrogen (secondary N) is 4. The molecule has 0 aliphatic rings. The van der Waals surface area contributed by atoms with Crippen molar-refractivity contribution < 1.29 is 57.6 Å². The first-order valence-electron chi connectivity index (χ1n) is 15.7. The van der Waals surface area contributed by atoms with Gasteiger partial charge in [-0.2, -0.15) is 0 Å². The summed E-state index contributed by atoms with van der Waals surface area (Å²) in [6.45, 7) is 20.6. The second-order valence-corrected chi connectivity index (χ2v) is 14.9. The highest BCUT2D eigenvalue weighted by Crippen LogP contribution is 2.23. The van der Waals surface area contributed by atoms with Crippen LogP contribution in [0.2, 0.25) is 0 Å². The van der Waals surface area contributed by atoms with Crippen molar-refractivity contribution in [3.8, 4) is 0 Å². The number of carboxylic acids is 1. The second-order valence-electron chi connectivity index (χ2n) is 14.9. The van der Waals surface area contributed by atoms with Crippen LogP contribution < -0.4 is 21.3 Å². The van der Waals surface area contributed by atoms with Gasteiger partial charge in [0.25, 0.3) is 0 Å². The number of esters is 1. The third kappa shape index (κ3) is 19.3. The molecule has 0 aliphatic heterocycles. The molecule has 0 unspecified atom stereocenters. The lowest BCUT2D eigenvalue weighted by Gasteiger charge is -2.21.